The van der Waals surface area contributed by atoms with Crippen LogP contribution in [0.2, 0.25) is 0 Å². The highest BCUT2D eigenvalue weighted by Gasteiger charge is 2.10. The number of rotatable bonds is 10. The second-order valence-corrected chi connectivity index (χ2v) is 5.93. The van der Waals surface area contributed by atoms with Crippen LogP contribution in [0.5, 0.6) is 17.2 Å². The summed E-state index contributed by atoms with van der Waals surface area (Å²) in [7, 11) is 3.05. The summed E-state index contributed by atoms with van der Waals surface area (Å²) < 4.78 is 15.7. The van der Waals surface area contributed by atoms with E-state index in [-0.39, 0.29) is 18.2 Å². The van der Waals surface area contributed by atoms with Gasteiger partial charge in [0.05, 0.1) is 27.2 Å². The van der Waals surface area contributed by atoms with E-state index in [0.29, 0.717) is 36.8 Å². The molecule has 2 rings (SSSR count). The smallest absolute Gasteiger partial charge is 0.251 e. The lowest BCUT2D eigenvalue weighted by molar-refractivity contribution is -0.120. The zero-order valence-corrected chi connectivity index (χ0v) is 16.4. The Bertz CT molecular complexity index is 790. The second-order valence-electron chi connectivity index (χ2n) is 5.93. The van der Waals surface area contributed by atoms with Crippen LogP contribution < -0.4 is 24.8 Å². The fraction of sp³-hybridized carbons (Fsp3) is 0.333. The summed E-state index contributed by atoms with van der Waals surface area (Å²) in [6.45, 7) is 3.19. The molecular weight excluding hydrogens is 360 g/mol. The summed E-state index contributed by atoms with van der Waals surface area (Å²) >= 11 is 0. The van der Waals surface area contributed by atoms with E-state index in [1.54, 1.807) is 18.2 Å². The third-order valence-electron chi connectivity index (χ3n) is 3.98. The zero-order chi connectivity index (χ0) is 20.4. The number of ether oxygens (including phenoxy) is 3. The van der Waals surface area contributed by atoms with Crippen molar-refractivity contribution >= 4 is 11.8 Å². The van der Waals surface area contributed by atoms with Crippen molar-refractivity contribution in [3.63, 3.8) is 0 Å². The molecule has 0 bridgehead atoms. The quantitative estimate of drug-likeness (QED) is 0.612. The van der Waals surface area contributed by atoms with Gasteiger partial charge in [0.25, 0.3) is 5.91 Å². The Balaban J connectivity index is 1.74. The monoisotopic (exact) mass is 386 g/mol. The van der Waals surface area contributed by atoms with Crippen molar-refractivity contribution in [3.8, 4) is 17.2 Å². The number of hydrogen-bond donors (Lipinski definition) is 2. The first-order valence-electron chi connectivity index (χ1n) is 9.06. The first-order chi connectivity index (χ1) is 13.6. The van der Waals surface area contributed by atoms with E-state index in [2.05, 4.69) is 10.6 Å². The number of benzene rings is 2. The van der Waals surface area contributed by atoms with Crippen molar-refractivity contribution in [2.75, 3.05) is 33.9 Å². The molecule has 0 aliphatic heterocycles. The maximum atomic E-state index is 12.2. The van der Waals surface area contributed by atoms with E-state index in [9.17, 15) is 9.59 Å². The molecule has 0 unspecified atom stereocenters. The predicted octanol–water partition coefficient (Wildman–Crippen LogP) is 2.19. The lowest BCUT2D eigenvalue weighted by atomic mass is 10.1. The van der Waals surface area contributed by atoms with Gasteiger partial charge in [0, 0.05) is 18.7 Å². The van der Waals surface area contributed by atoms with Crippen LogP contribution in [-0.4, -0.2) is 45.7 Å². The van der Waals surface area contributed by atoms with E-state index >= 15 is 0 Å². The van der Waals surface area contributed by atoms with Gasteiger partial charge in [0.1, 0.15) is 5.75 Å². The summed E-state index contributed by atoms with van der Waals surface area (Å²) in [5, 5.41) is 5.55. The van der Waals surface area contributed by atoms with Crippen LogP contribution in [0.15, 0.2) is 42.5 Å². The van der Waals surface area contributed by atoms with Crippen LogP contribution in [0.4, 0.5) is 0 Å². The van der Waals surface area contributed by atoms with Gasteiger partial charge in [-0.2, -0.15) is 0 Å². The minimum atomic E-state index is -0.248. The topological polar surface area (TPSA) is 85.9 Å². The number of hydrogen-bond acceptors (Lipinski definition) is 5. The van der Waals surface area contributed by atoms with E-state index < -0.39 is 0 Å². The van der Waals surface area contributed by atoms with Gasteiger partial charge in [0.2, 0.25) is 5.91 Å². The normalized spacial score (nSPS) is 10.1. The number of carbonyl (C=O) groups excluding carboxylic acids is 2. The molecule has 28 heavy (non-hydrogen) atoms. The van der Waals surface area contributed by atoms with Crippen LogP contribution >= 0.6 is 0 Å². The third kappa shape index (κ3) is 6.19. The van der Waals surface area contributed by atoms with Crippen molar-refractivity contribution in [2.24, 2.45) is 0 Å². The summed E-state index contributed by atoms with van der Waals surface area (Å²) in [6, 6.07) is 12.4. The number of amides is 2. The molecule has 7 nitrogen and oxygen atoms in total. The van der Waals surface area contributed by atoms with Gasteiger partial charge in [0.15, 0.2) is 11.5 Å². The lowest BCUT2D eigenvalue weighted by Gasteiger charge is -2.10. The molecule has 2 N–H and O–H groups in total. The summed E-state index contributed by atoms with van der Waals surface area (Å²) in [5.41, 5.74) is 1.36. The van der Waals surface area contributed by atoms with Gasteiger partial charge in [-0.3, -0.25) is 9.59 Å². The molecule has 0 heterocycles. The first-order valence-corrected chi connectivity index (χ1v) is 9.06. The fourth-order valence-electron chi connectivity index (χ4n) is 2.58. The van der Waals surface area contributed by atoms with Gasteiger partial charge in [-0.25, -0.2) is 0 Å². The standard InChI is InChI=1S/C21H26N2O5/c1-4-28-17-8-5-15(6-9-17)13-20(24)22-11-12-23-21(25)16-7-10-18(26-2)19(14-16)27-3/h5-10,14H,4,11-13H2,1-3H3,(H,22,24)(H,23,25). The molecule has 0 saturated carbocycles. The Morgan fingerprint density at radius 2 is 1.57 bits per heavy atom. The van der Waals surface area contributed by atoms with Gasteiger partial charge < -0.3 is 24.8 Å². The number of nitrogens with one attached hydrogen (secondary N) is 2. The molecule has 7 heteroatoms. The van der Waals surface area contributed by atoms with Crippen LogP contribution in [0, 0.1) is 0 Å². The Morgan fingerprint density at radius 3 is 2.21 bits per heavy atom. The number of methoxy groups -OCH3 is 2. The molecule has 0 saturated heterocycles. The highest BCUT2D eigenvalue weighted by atomic mass is 16.5. The molecule has 0 radical (unpaired) electrons. The molecule has 0 fully saturated rings. The van der Waals surface area contributed by atoms with Gasteiger partial charge in [-0.05, 0) is 42.8 Å². The van der Waals surface area contributed by atoms with Crippen LogP contribution in [-0.2, 0) is 11.2 Å². The minimum absolute atomic E-state index is 0.107. The van der Waals surface area contributed by atoms with Crippen molar-refractivity contribution in [2.45, 2.75) is 13.3 Å². The van der Waals surface area contributed by atoms with Crippen molar-refractivity contribution < 1.29 is 23.8 Å². The molecule has 2 amide bonds. The zero-order valence-electron chi connectivity index (χ0n) is 16.4. The first kappa shape index (κ1) is 21.1. The largest absolute Gasteiger partial charge is 0.494 e. The molecular formula is C21H26N2O5. The SMILES string of the molecule is CCOc1ccc(CC(=O)NCCNC(=O)c2ccc(OC)c(OC)c2)cc1. The van der Waals surface area contributed by atoms with E-state index in [1.807, 2.05) is 31.2 Å². The highest BCUT2D eigenvalue weighted by molar-refractivity contribution is 5.94. The average Bonchev–Trinajstić information content (AvgIpc) is 2.72. The molecule has 2 aromatic carbocycles. The van der Waals surface area contributed by atoms with Crippen LogP contribution in [0.3, 0.4) is 0 Å². The highest BCUT2D eigenvalue weighted by Crippen LogP contribution is 2.27. The lowest BCUT2D eigenvalue weighted by Crippen LogP contribution is -2.35. The summed E-state index contributed by atoms with van der Waals surface area (Å²) in [4.78, 5) is 24.2. The molecule has 0 atom stereocenters. The maximum absolute atomic E-state index is 12.2. The van der Waals surface area contributed by atoms with Crippen molar-refractivity contribution in [3.05, 3.63) is 53.6 Å². The number of carbonyl (C=O) groups is 2. The van der Waals surface area contributed by atoms with Crippen molar-refractivity contribution in [1.29, 1.82) is 0 Å². The van der Waals surface area contributed by atoms with Crippen molar-refractivity contribution in [1.82, 2.24) is 10.6 Å². The second kappa shape index (κ2) is 10.8. The Hall–Kier alpha value is -3.22. The molecule has 0 aliphatic rings. The Morgan fingerprint density at radius 1 is 0.893 bits per heavy atom. The Kier molecular flexibility index (Phi) is 8.14. The maximum Gasteiger partial charge on any atom is 0.251 e. The van der Waals surface area contributed by atoms with Gasteiger partial charge in [-0.1, -0.05) is 12.1 Å². The molecule has 150 valence electrons. The van der Waals surface area contributed by atoms with Gasteiger partial charge in [-0.15, -0.1) is 0 Å². The molecule has 2 aromatic rings. The van der Waals surface area contributed by atoms with E-state index in [4.69, 9.17) is 14.2 Å². The van der Waals surface area contributed by atoms with Crippen LogP contribution in [0.25, 0.3) is 0 Å². The fourth-order valence-corrected chi connectivity index (χ4v) is 2.58. The predicted molar refractivity (Wildman–Crippen MR) is 106 cm³/mol. The molecule has 0 aliphatic carbocycles. The van der Waals surface area contributed by atoms with Crippen LogP contribution in [0.1, 0.15) is 22.8 Å². The minimum Gasteiger partial charge on any atom is -0.494 e. The molecule has 0 aromatic heterocycles. The van der Waals surface area contributed by atoms with E-state index in [0.717, 1.165) is 11.3 Å². The summed E-state index contributed by atoms with van der Waals surface area (Å²) in [6.07, 6.45) is 0.274. The third-order valence-corrected chi connectivity index (χ3v) is 3.98. The average molecular weight is 386 g/mol. The molecule has 0 spiro atoms. The summed E-state index contributed by atoms with van der Waals surface area (Å²) in [5.74, 6) is 1.47. The van der Waals surface area contributed by atoms with Gasteiger partial charge >= 0.3 is 0 Å². The van der Waals surface area contributed by atoms with E-state index in [1.165, 1.54) is 14.2 Å². The Labute approximate surface area is 165 Å².